The number of hydrogen-bond donors (Lipinski definition) is 0. The summed E-state index contributed by atoms with van der Waals surface area (Å²) in [5.41, 5.74) is 2.93. The van der Waals surface area contributed by atoms with Crippen molar-refractivity contribution >= 4 is 9.84 Å². The number of hydrogen-bond acceptors (Lipinski definition) is 5. The lowest BCUT2D eigenvalue weighted by atomic mass is 10.1. The van der Waals surface area contributed by atoms with E-state index in [1.165, 1.54) is 11.8 Å². The summed E-state index contributed by atoms with van der Waals surface area (Å²) in [6.45, 7) is 4.36. The van der Waals surface area contributed by atoms with Gasteiger partial charge in [0.2, 0.25) is 0 Å². The van der Waals surface area contributed by atoms with Crippen molar-refractivity contribution in [2.75, 3.05) is 32.6 Å². The van der Waals surface area contributed by atoms with Gasteiger partial charge in [-0.3, -0.25) is 9.88 Å². The Morgan fingerprint density at radius 2 is 1.78 bits per heavy atom. The topological polar surface area (TPSA) is 59.5 Å². The molecule has 1 aromatic carbocycles. The zero-order valence-electron chi connectivity index (χ0n) is 13.1. The molecule has 0 aliphatic carbocycles. The van der Waals surface area contributed by atoms with Gasteiger partial charge in [-0.25, -0.2) is 8.42 Å². The van der Waals surface area contributed by atoms with Gasteiger partial charge in [0, 0.05) is 37.7 Å². The van der Waals surface area contributed by atoms with Gasteiger partial charge in [-0.15, -0.1) is 0 Å². The van der Waals surface area contributed by atoms with Crippen LogP contribution in [0.3, 0.4) is 0 Å². The van der Waals surface area contributed by atoms with E-state index in [0.717, 1.165) is 44.1 Å². The second-order valence-corrected chi connectivity index (χ2v) is 7.75. The molecule has 1 saturated heterocycles. The summed E-state index contributed by atoms with van der Waals surface area (Å²) >= 11 is 0. The van der Waals surface area contributed by atoms with Crippen LogP contribution in [0.1, 0.15) is 5.56 Å². The van der Waals surface area contributed by atoms with Gasteiger partial charge in [0.1, 0.15) is 0 Å². The molecule has 0 radical (unpaired) electrons. The molecule has 1 fully saturated rings. The van der Waals surface area contributed by atoms with Gasteiger partial charge in [-0.2, -0.15) is 0 Å². The van der Waals surface area contributed by atoms with Crippen LogP contribution < -0.4 is 0 Å². The molecular weight excluding hydrogens is 312 g/mol. The van der Waals surface area contributed by atoms with Crippen LogP contribution in [-0.2, 0) is 21.1 Å². The van der Waals surface area contributed by atoms with Crippen molar-refractivity contribution in [2.45, 2.75) is 11.4 Å². The average Bonchev–Trinajstić information content (AvgIpc) is 2.56. The van der Waals surface area contributed by atoms with Gasteiger partial charge < -0.3 is 4.74 Å². The maximum Gasteiger partial charge on any atom is 0.175 e. The van der Waals surface area contributed by atoms with Gasteiger partial charge in [0.05, 0.1) is 23.8 Å². The lowest BCUT2D eigenvalue weighted by molar-refractivity contribution is 0.0341. The predicted octanol–water partition coefficient (Wildman–Crippen LogP) is 1.98. The Labute approximate surface area is 136 Å². The SMILES string of the molecule is CS(=O)(=O)c1ccc(-c2ccc(CN3CCOCC3)cn2)cc1. The number of nitrogens with zero attached hydrogens (tertiary/aromatic N) is 2. The fourth-order valence-corrected chi connectivity index (χ4v) is 3.21. The summed E-state index contributed by atoms with van der Waals surface area (Å²) in [5, 5.41) is 0. The number of ether oxygens (including phenoxy) is 1. The van der Waals surface area contributed by atoms with Crippen molar-refractivity contribution in [3.63, 3.8) is 0 Å². The molecule has 1 aliphatic heterocycles. The van der Waals surface area contributed by atoms with Crippen molar-refractivity contribution in [3.8, 4) is 11.3 Å². The van der Waals surface area contributed by atoms with Gasteiger partial charge in [0.25, 0.3) is 0 Å². The number of rotatable bonds is 4. The molecule has 6 heteroatoms. The van der Waals surface area contributed by atoms with Gasteiger partial charge >= 0.3 is 0 Å². The summed E-state index contributed by atoms with van der Waals surface area (Å²) in [5.74, 6) is 0. The van der Waals surface area contributed by atoms with Crippen LogP contribution in [0.4, 0.5) is 0 Å². The molecule has 0 N–H and O–H groups in total. The van der Waals surface area contributed by atoms with E-state index in [2.05, 4.69) is 16.0 Å². The minimum absolute atomic E-state index is 0.324. The molecule has 0 atom stereocenters. The van der Waals surface area contributed by atoms with Crippen LogP contribution in [-0.4, -0.2) is 50.9 Å². The Bertz CT molecular complexity index is 749. The number of pyridine rings is 1. The van der Waals surface area contributed by atoms with Crippen LogP contribution in [0.15, 0.2) is 47.5 Å². The third-order valence-corrected chi connectivity index (χ3v) is 5.04. The molecule has 0 spiro atoms. The van der Waals surface area contributed by atoms with Crippen LogP contribution in [0.25, 0.3) is 11.3 Å². The highest BCUT2D eigenvalue weighted by molar-refractivity contribution is 7.90. The molecule has 0 saturated carbocycles. The molecular formula is C17H20N2O3S. The maximum absolute atomic E-state index is 11.5. The molecule has 5 nitrogen and oxygen atoms in total. The van der Waals surface area contributed by atoms with E-state index in [1.54, 1.807) is 24.3 Å². The third kappa shape index (κ3) is 4.16. The Kier molecular flexibility index (Phi) is 4.75. The standard InChI is InChI=1S/C17H20N2O3S/c1-23(20,21)16-5-3-15(4-6-16)17-7-2-14(12-18-17)13-19-8-10-22-11-9-19/h2-7,12H,8-11,13H2,1H3. The first-order valence-electron chi connectivity index (χ1n) is 7.58. The smallest absolute Gasteiger partial charge is 0.175 e. The van der Waals surface area contributed by atoms with E-state index >= 15 is 0 Å². The van der Waals surface area contributed by atoms with Crippen LogP contribution >= 0.6 is 0 Å². The predicted molar refractivity (Wildman–Crippen MR) is 88.9 cm³/mol. The van der Waals surface area contributed by atoms with Crippen LogP contribution in [0.5, 0.6) is 0 Å². The second-order valence-electron chi connectivity index (χ2n) is 5.74. The van der Waals surface area contributed by atoms with E-state index in [1.807, 2.05) is 12.3 Å². The van der Waals surface area contributed by atoms with E-state index in [0.29, 0.717) is 4.90 Å². The number of morpholine rings is 1. The fraction of sp³-hybridized carbons (Fsp3) is 0.353. The number of sulfone groups is 1. The highest BCUT2D eigenvalue weighted by Crippen LogP contribution is 2.20. The maximum atomic E-state index is 11.5. The fourth-order valence-electron chi connectivity index (χ4n) is 2.58. The molecule has 23 heavy (non-hydrogen) atoms. The highest BCUT2D eigenvalue weighted by atomic mass is 32.2. The first-order chi connectivity index (χ1) is 11.0. The van der Waals surface area contributed by atoms with Gasteiger partial charge in [0.15, 0.2) is 9.84 Å². The quantitative estimate of drug-likeness (QED) is 0.857. The highest BCUT2D eigenvalue weighted by Gasteiger charge is 2.11. The number of aromatic nitrogens is 1. The van der Waals surface area contributed by atoms with Crippen molar-refractivity contribution < 1.29 is 13.2 Å². The van der Waals surface area contributed by atoms with E-state index < -0.39 is 9.84 Å². The minimum atomic E-state index is -3.16. The van der Waals surface area contributed by atoms with Crippen molar-refractivity contribution in [1.82, 2.24) is 9.88 Å². The summed E-state index contributed by atoms with van der Waals surface area (Å²) in [7, 11) is -3.16. The van der Waals surface area contributed by atoms with Crippen LogP contribution in [0, 0.1) is 0 Å². The molecule has 1 aromatic heterocycles. The Balaban J connectivity index is 1.71. The van der Waals surface area contributed by atoms with Gasteiger partial charge in [-0.05, 0) is 23.8 Å². The monoisotopic (exact) mass is 332 g/mol. The van der Waals surface area contributed by atoms with E-state index in [9.17, 15) is 8.42 Å². The van der Waals surface area contributed by atoms with E-state index in [-0.39, 0.29) is 0 Å². The normalized spacial score (nSPS) is 16.4. The van der Waals surface area contributed by atoms with E-state index in [4.69, 9.17) is 4.74 Å². The minimum Gasteiger partial charge on any atom is -0.379 e. The molecule has 0 amide bonds. The second kappa shape index (κ2) is 6.78. The lowest BCUT2D eigenvalue weighted by Gasteiger charge is -2.26. The summed E-state index contributed by atoms with van der Waals surface area (Å²) in [6.07, 6.45) is 3.09. The zero-order valence-corrected chi connectivity index (χ0v) is 13.9. The zero-order chi connectivity index (χ0) is 16.3. The Morgan fingerprint density at radius 3 is 2.35 bits per heavy atom. The first-order valence-corrected chi connectivity index (χ1v) is 9.47. The first kappa shape index (κ1) is 16.1. The Hall–Kier alpha value is -1.76. The molecule has 1 aliphatic rings. The van der Waals surface area contributed by atoms with Crippen molar-refractivity contribution in [1.29, 1.82) is 0 Å². The average molecular weight is 332 g/mol. The number of benzene rings is 1. The molecule has 0 unspecified atom stereocenters. The van der Waals surface area contributed by atoms with Crippen LogP contribution in [0.2, 0.25) is 0 Å². The summed E-state index contributed by atoms with van der Waals surface area (Å²) in [6, 6.07) is 10.9. The van der Waals surface area contributed by atoms with Crippen molar-refractivity contribution in [2.24, 2.45) is 0 Å². The Morgan fingerprint density at radius 1 is 1.09 bits per heavy atom. The largest absolute Gasteiger partial charge is 0.379 e. The molecule has 0 bridgehead atoms. The van der Waals surface area contributed by atoms with Crippen molar-refractivity contribution in [3.05, 3.63) is 48.2 Å². The molecule has 122 valence electrons. The molecule has 3 rings (SSSR count). The molecule has 2 aromatic rings. The third-order valence-electron chi connectivity index (χ3n) is 3.91. The molecule has 2 heterocycles. The lowest BCUT2D eigenvalue weighted by Crippen LogP contribution is -2.35. The summed E-state index contributed by atoms with van der Waals surface area (Å²) in [4.78, 5) is 7.17. The summed E-state index contributed by atoms with van der Waals surface area (Å²) < 4.78 is 28.3. The van der Waals surface area contributed by atoms with Gasteiger partial charge in [-0.1, -0.05) is 18.2 Å².